The van der Waals surface area contributed by atoms with Crippen LogP contribution in [0.4, 0.5) is 0 Å². The summed E-state index contributed by atoms with van der Waals surface area (Å²) in [5.41, 5.74) is 2.54. The first-order valence-corrected chi connectivity index (χ1v) is 11.8. The van der Waals surface area contributed by atoms with Gasteiger partial charge in [-0.25, -0.2) is 9.78 Å². The van der Waals surface area contributed by atoms with Gasteiger partial charge >= 0.3 is 5.69 Å². The van der Waals surface area contributed by atoms with Gasteiger partial charge in [0.05, 0.1) is 11.2 Å². The maximum atomic E-state index is 12.9. The van der Waals surface area contributed by atoms with E-state index >= 15 is 0 Å². The fourth-order valence-corrected chi connectivity index (χ4v) is 5.81. The van der Waals surface area contributed by atoms with E-state index < -0.39 is 5.60 Å². The Morgan fingerprint density at radius 1 is 1.22 bits per heavy atom. The van der Waals surface area contributed by atoms with E-state index in [1.807, 2.05) is 21.6 Å². The molecule has 0 radical (unpaired) electrons. The summed E-state index contributed by atoms with van der Waals surface area (Å²) in [5, 5.41) is 10.7. The number of amides is 1. The van der Waals surface area contributed by atoms with E-state index in [1.54, 1.807) is 11.6 Å². The molecular formula is C25H34N4O3. The van der Waals surface area contributed by atoms with Crippen LogP contribution in [0.5, 0.6) is 0 Å². The molecule has 1 amide bonds. The lowest BCUT2D eigenvalue weighted by Gasteiger charge is -2.28. The number of hydrogen-bond acceptors (Lipinski definition) is 4. The zero-order chi connectivity index (χ0) is 22.8. The minimum absolute atomic E-state index is 0.00282. The summed E-state index contributed by atoms with van der Waals surface area (Å²) >= 11 is 0. The molecule has 7 heteroatoms. The molecule has 2 unspecified atom stereocenters. The number of rotatable bonds is 3. The standard InChI is InChI=1S/C25H34N4O3/c1-24(2,3)15-29-20-8-7-19(26-21(20)27(4)23(29)31)16-11-17-13-28(14-18(17)12-16)22(30)25(32)9-5-6-10-25/h7-8,11,17-18,32H,5-6,9-10,12-15H2,1-4H3. The number of fused-ring (bicyclic) bond motifs is 2. The molecule has 0 aromatic carbocycles. The Balaban J connectivity index is 1.38. The van der Waals surface area contributed by atoms with Gasteiger partial charge in [-0.2, -0.15) is 0 Å². The third-order valence-electron chi connectivity index (χ3n) is 7.45. The number of hydrogen-bond donors (Lipinski definition) is 1. The van der Waals surface area contributed by atoms with Crippen molar-refractivity contribution in [1.82, 2.24) is 19.0 Å². The lowest BCUT2D eigenvalue weighted by Crippen LogP contribution is -2.46. The molecule has 32 heavy (non-hydrogen) atoms. The Bertz CT molecular complexity index is 1160. The second-order valence-electron chi connectivity index (χ2n) is 11.3. The van der Waals surface area contributed by atoms with Gasteiger partial charge in [0.2, 0.25) is 0 Å². The zero-order valence-corrected chi connectivity index (χ0v) is 19.6. The average molecular weight is 439 g/mol. The van der Waals surface area contributed by atoms with Crippen molar-refractivity contribution in [1.29, 1.82) is 0 Å². The predicted molar refractivity (Wildman–Crippen MR) is 124 cm³/mol. The molecule has 1 aliphatic heterocycles. The summed E-state index contributed by atoms with van der Waals surface area (Å²) < 4.78 is 3.46. The van der Waals surface area contributed by atoms with Gasteiger partial charge in [-0.15, -0.1) is 0 Å². The van der Waals surface area contributed by atoms with Gasteiger partial charge in [-0.1, -0.05) is 26.8 Å². The van der Waals surface area contributed by atoms with Crippen LogP contribution >= 0.6 is 0 Å². The number of aromatic nitrogens is 3. The van der Waals surface area contributed by atoms with Crippen LogP contribution in [-0.4, -0.2) is 48.7 Å². The van der Waals surface area contributed by atoms with E-state index in [4.69, 9.17) is 4.98 Å². The minimum Gasteiger partial charge on any atom is -0.380 e. The molecular weight excluding hydrogens is 404 g/mol. The van der Waals surface area contributed by atoms with Crippen molar-refractivity contribution in [3.63, 3.8) is 0 Å². The Morgan fingerprint density at radius 3 is 2.59 bits per heavy atom. The number of carbonyl (C=O) groups is 1. The molecule has 2 aromatic rings. The fraction of sp³-hybridized carbons (Fsp3) is 0.640. The summed E-state index contributed by atoms with van der Waals surface area (Å²) in [6, 6.07) is 4.04. The third-order valence-corrected chi connectivity index (χ3v) is 7.45. The molecule has 2 atom stereocenters. The third kappa shape index (κ3) is 3.51. The topological polar surface area (TPSA) is 80.4 Å². The first-order chi connectivity index (χ1) is 15.1. The van der Waals surface area contributed by atoms with Crippen LogP contribution in [0.15, 0.2) is 23.0 Å². The second-order valence-corrected chi connectivity index (χ2v) is 11.3. The molecule has 3 heterocycles. The molecule has 5 rings (SSSR count). The van der Waals surface area contributed by atoms with Crippen molar-refractivity contribution >= 4 is 22.6 Å². The first-order valence-electron chi connectivity index (χ1n) is 11.8. The van der Waals surface area contributed by atoms with Crippen molar-refractivity contribution in [2.45, 2.75) is 65.0 Å². The van der Waals surface area contributed by atoms with Crippen LogP contribution in [0.2, 0.25) is 0 Å². The molecule has 3 aliphatic rings. The Kier molecular flexibility index (Phi) is 4.89. The molecule has 1 saturated heterocycles. The summed E-state index contributed by atoms with van der Waals surface area (Å²) in [4.78, 5) is 32.4. The fourth-order valence-electron chi connectivity index (χ4n) is 5.81. The Hall–Kier alpha value is -2.41. The van der Waals surface area contributed by atoms with Crippen LogP contribution in [0, 0.1) is 17.3 Å². The van der Waals surface area contributed by atoms with Crippen LogP contribution in [0.3, 0.4) is 0 Å². The Morgan fingerprint density at radius 2 is 1.94 bits per heavy atom. The highest BCUT2D eigenvalue weighted by molar-refractivity contribution is 5.86. The maximum absolute atomic E-state index is 12.9. The van der Waals surface area contributed by atoms with Crippen LogP contribution in [0.25, 0.3) is 16.7 Å². The maximum Gasteiger partial charge on any atom is 0.330 e. The second kappa shape index (κ2) is 7.30. The van der Waals surface area contributed by atoms with Gasteiger partial charge in [-0.3, -0.25) is 13.9 Å². The minimum atomic E-state index is -1.14. The van der Waals surface area contributed by atoms with Crippen LogP contribution in [0.1, 0.15) is 58.6 Å². The lowest BCUT2D eigenvalue weighted by molar-refractivity contribution is -0.149. The van der Waals surface area contributed by atoms with E-state index in [1.165, 1.54) is 5.57 Å². The smallest absolute Gasteiger partial charge is 0.330 e. The van der Waals surface area contributed by atoms with Gasteiger partial charge in [0.15, 0.2) is 5.65 Å². The lowest BCUT2D eigenvalue weighted by atomic mass is 9.97. The van der Waals surface area contributed by atoms with Crippen molar-refractivity contribution in [2.75, 3.05) is 13.1 Å². The molecule has 2 aromatic heterocycles. The normalized spacial score (nSPS) is 24.9. The summed E-state index contributed by atoms with van der Waals surface area (Å²) in [7, 11) is 1.79. The highest BCUT2D eigenvalue weighted by atomic mass is 16.3. The Labute approximate surface area is 188 Å². The molecule has 0 spiro atoms. The first kappa shape index (κ1) is 21.4. The molecule has 2 aliphatic carbocycles. The highest BCUT2D eigenvalue weighted by Crippen LogP contribution is 2.42. The number of nitrogens with zero attached hydrogens (tertiary/aromatic N) is 4. The number of imidazole rings is 1. The van der Waals surface area contributed by atoms with E-state index in [0.29, 0.717) is 44.3 Å². The van der Waals surface area contributed by atoms with Gasteiger partial charge in [0.1, 0.15) is 5.60 Å². The number of aryl methyl sites for hydroxylation is 1. The monoisotopic (exact) mass is 438 g/mol. The van der Waals surface area contributed by atoms with Crippen LogP contribution in [-0.2, 0) is 18.4 Å². The molecule has 7 nitrogen and oxygen atoms in total. The summed E-state index contributed by atoms with van der Waals surface area (Å²) in [5.74, 6) is 0.616. The van der Waals surface area contributed by atoms with Crippen molar-refractivity contribution < 1.29 is 9.90 Å². The largest absolute Gasteiger partial charge is 0.380 e. The van der Waals surface area contributed by atoms with Gasteiger partial charge in [0.25, 0.3) is 5.91 Å². The quantitative estimate of drug-likeness (QED) is 0.799. The molecule has 172 valence electrons. The van der Waals surface area contributed by atoms with Crippen molar-refractivity contribution in [2.24, 2.45) is 24.3 Å². The average Bonchev–Trinajstić information content (AvgIpc) is 3.47. The predicted octanol–water partition coefficient (Wildman–Crippen LogP) is 2.95. The summed E-state index contributed by atoms with van der Waals surface area (Å²) in [6.07, 6.45) is 6.19. The number of carbonyl (C=O) groups excluding carboxylic acids is 1. The molecule has 1 saturated carbocycles. The zero-order valence-electron chi connectivity index (χ0n) is 19.6. The van der Waals surface area contributed by atoms with E-state index in [2.05, 4.69) is 26.8 Å². The van der Waals surface area contributed by atoms with Gasteiger partial charge in [0, 0.05) is 26.7 Å². The van der Waals surface area contributed by atoms with Crippen molar-refractivity contribution in [3.8, 4) is 0 Å². The van der Waals surface area contributed by atoms with E-state index in [9.17, 15) is 14.7 Å². The van der Waals surface area contributed by atoms with Gasteiger partial charge < -0.3 is 10.0 Å². The summed E-state index contributed by atoms with van der Waals surface area (Å²) in [6.45, 7) is 8.41. The van der Waals surface area contributed by atoms with Crippen molar-refractivity contribution in [3.05, 3.63) is 34.4 Å². The number of likely N-dealkylation sites (tertiary alicyclic amines) is 1. The highest BCUT2D eigenvalue weighted by Gasteiger charge is 2.46. The van der Waals surface area contributed by atoms with E-state index in [-0.39, 0.29) is 17.0 Å². The molecule has 2 fully saturated rings. The number of pyridine rings is 1. The van der Waals surface area contributed by atoms with E-state index in [0.717, 1.165) is 36.1 Å². The van der Waals surface area contributed by atoms with Crippen LogP contribution < -0.4 is 5.69 Å². The van der Waals surface area contributed by atoms with Gasteiger partial charge in [-0.05, 0) is 67.1 Å². The molecule has 1 N–H and O–H groups in total. The number of allylic oxidation sites excluding steroid dienone is 1. The number of aliphatic hydroxyl groups is 1. The molecule has 0 bridgehead atoms. The SMILES string of the molecule is Cn1c(=O)n(CC(C)(C)C)c2ccc(C3=CC4CN(C(=O)C5(O)CCCC5)CC4C3)nc21.